The van der Waals surface area contributed by atoms with Gasteiger partial charge in [-0.1, -0.05) is 90.2 Å². The first-order chi connectivity index (χ1) is 13.8. The number of hydrogen-bond donors (Lipinski definition) is 0. The van der Waals surface area contributed by atoms with Crippen LogP contribution in [0, 0.1) is 0 Å². The molecule has 0 aliphatic heterocycles. The van der Waals surface area contributed by atoms with E-state index in [1.165, 1.54) is 75.0 Å². The smallest absolute Gasteiger partial charge is 0.119 e. The van der Waals surface area contributed by atoms with Gasteiger partial charge in [0.15, 0.2) is 0 Å². The van der Waals surface area contributed by atoms with Gasteiger partial charge in [0, 0.05) is 0 Å². The first kappa shape index (κ1) is 22.6. The van der Waals surface area contributed by atoms with Gasteiger partial charge >= 0.3 is 0 Å². The summed E-state index contributed by atoms with van der Waals surface area (Å²) >= 11 is 0. The van der Waals surface area contributed by atoms with Crippen molar-refractivity contribution in [3.05, 3.63) is 36.4 Å². The summed E-state index contributed by atoms with van der Waals surface area (Å²) in [6.45, 7) is 6.15. The lowest BCUT2D eigenvalue weighted by Gasteiger charge is -2.10. The quantitative estimate of drug-likeness (QED) is 0.271. The second-order valence-corrected chi connectivity index (χ2v) is 7.90. The van der Waals surface area contributed by atoms with Crippen LogP contribution in [-0.2, 0) is 0 Å². The number of unbranched alkanes of at least 4 members (excludes halogenated alkanes) is 10. The molecule has 0 unspecified atom stereocenters. The molecule has 0 aliphatic rings. The number of rotatable bonds is 16. The van der Waals surface area contributed by atoms with E-state index in [0.29, 0.717) is 0 Å². The molecule has 2 nitrogen and oxygen atoms in total. The summed E-state index contributed by atoms with van der Waals surface area (Å²) in [6.07, 6.45) is 15.5. The Hall–Kier alpha value is -1.70. The van der Waals surface area contributed by atoms with Gasteiger partial charge in [0.05, 0.1) is 13.2 Å². The molecular weight excluding hydrogens is 344 g/mol. The van der Waals surface area contributed by atoms with Crippen LogP contribution in [0.15, 0.2) is 36.4 Å². The van der Waals surface area contributed by atoms with Crippen LogP contribution in [0.1, 0.15) is 90.9 Å². The minimum absolute atomic E-state index is 0.817. The molecular formula is C26H40O2. The van der Waals surface area contributed by atoms with Crippen molar-refractivity contribution >= 4 is 10.8 Å². The Kier molecular flexibility index (Phi) is 11.6. The van der Waals surface area contributed by atoms with Crippen LogP contribution >= 0.6 is 0 Å². The molecule has 2 aromatic carbocycles. The van der Waals surface area contributed by atoms with Gasteiger partial charge in [-0.25, -0.2) is 0 Å². The van der Waals surface area contributed by atoms with Crippen molar-refractivity contribution in [3.8, 4) is 11.5 Å². The third-order valence-electron chi connectivity index (χ3n) is 5.32. The molecule has 2 aromatic rings. The molecule has 0 bridgehead atoms. The second kappa shape index (κ2) is 14.3. The summed E-state index contributed by atoms with van der Waals surface area (Å²) in [7, 11) is 0. The number of benzene rings is 2. The van der Waals surface area contributed by atoms with Crippen molar-refractivity contribution in [2.45, 2.75) is 90.9 Å². The summed E-state index contributed by atoms with van der Waals surface area (Å²) in [6, 6.07) is 12.7. The molecule has 0 amide bonds. The predicted molar refractivity (Wildman–Crippen MR) is 122 cm³/mol. The van der Waals surface area contributed by atoms with E-state index in [9.17, 15) is 0 Å². The SMILES string of the molecule is CCCCCCCCOc1ccc2cc(OCCCCCCCC)ccc2c1. The highest BCUT2D eigenvalue weighted by Gasteiger charge is 2.01. The molecule has 2 rings (SSSR count). The van der Waals surface area contributed by atoms with Crippen LogP contribution in [0.3, 0.4) is 0 Å². The molecule has 0 radical (unpaired) electrons. The Morgan fingerprint density at radius 2 is 0.893 bits per heavy atom. The largest absolute Gasteiger partial charge is 0.494 e. The Morgan fingerprint density at radius 3 is 1.32 bits per heavy atom. The molecule has 0 spiro atoms. The van der Waals surface area contributed by atoms with Crippen molar-refractivity contribution < 1.29 is 9.47 Å². The fraction of sp³-hybridized carbons (Fsp3) is 0.615. The van der Waals surface area contributed by atoms with Crippen LogP contribution in [0.5, 0.6) is 11.5 Å². The Labute approximate surface area is 172 Å². The van der Waals surface area contributed by atoms with E-state index in [2.05, 4.69) is 50.2 Å². The highest BCUT2D eigenvalue weighted by molar-refractivity contribution is 5.85. The van der Waals surface area contributed by atoms with Gasteiger partial charge in [0.2, 0.25) is 0 Å². The minimum Gasteiger partial charge on any atom is -0.494 e. The fourth-order valence-electron chi connectivity index (χ4n) is 3.53. The van der Waals surface area contributed by atoms with E-state index in [-0.39, 0.29) is 0 Å². The average Bonchev–Trinajstić information content (AvgIpc) is 2.72. The van der Waals surface area contributed by atoms with Crippen molar-refractivity contribution in [2.24, 2.45) is 0 Å². The van der Waals surface area contributed by atoms with Crippen molar-refractivity contribution in [3.63, 3.8) is 0 Å². The Bertz CT molecular complexity index is 593. The Morgan fingerprint density at radius 1 is 0.500 bits per heavy atom. The molecule has 28 heavy (non-hydrogen) atoms. The summed E-state index contributed by atoms with van der Waals surface area (Å²) < 4.78 is 11.9. The molecule has 156 valence electrons. The summed E-state index contributed by atoms with van der Waals surface area (Å²) in [5.41, 5.74) is 0. The lowest BCUT2D eigenvalue weighted by molar-refractivity contribution is 0.304. The van der Waals surface area contributed by atoms with E-state index >= 15 is 0 Å². The van der Waals surface area contributed by atoms with E-state index < -0.39 is 0 Å². The minimum atomic E-state index is 0.817. The maximum Gasteiger partial charge on any atom is 0.119 e. The van der Waals surface area contributed by atoms with E-state index in [0.717, 1.165) is 37.6 Å². The van der Waals surface area contributed by atoms with Gasteiger partial charge in [-0.05, 0) is 47.9 Å². The zero-order valence-electron chi connectivity index (χ0n) is 18.2. The highest BCUT2D eigenvalue weighted by atomic mass is 16.5. The Balaban J connectivity index is 1.69. The second-order valence-electron chi connectivity index (χ2n) is 7.90. The molecule has 0 fully saturated rings. The monoisotopic (exact) mass is 384 g/mol. The van der Waals surface area contributed by atoms with E-state index in [1.807, 2.05) is 0 Å². The maximum absolute atomic E-state index is 5.94. The average molecular weight is 385 g/mol. The first-order valence-corrected chi connectivity index (χ1v) is 11.6. The van der Waals surface area contributed by atoms with Crippen LogP contribution in [0.2, 0.25) is 0 Å². The molecule has 2 heteroatoms. The zero-order chi connectivity index (χ0) is 19.9. The zero-order valence-corrected chi connectivity index (χ0v) is 18.2. The number of hydrogen-bond acceptors (Lipinski definition) is 2. The van der Waals surface area contributed by atoms with Crippen molar-refractivity contribution in [1.82, 2.24) is 0 Å². The molecule has 0 saturated carbocycles. The van der Waals surface area contributed by atoms with Gasteiger partial charge in [0.1, 0.15) is 11.5 Å². The standard InChI is InChI=1S/C26H40O2/c1-3-5-7-9-11-13-19-27-25-17-15-24-22-26(18-16-23(24)21-25)28-20-14-12-10-8-6-4-2/h15-18,21-22H,3-14,19-20H2,1-2H3. The third kappa shape index (κ3) is 8.99. The number of ether oxygens (including phenoxy) is 2. The van der Waals surface area contributed by atoms with Gasteiger partial charge < -0.3 is 9.47 Å². The van der Waals surface area contributed by atoms with E-state index in [1.54, 1.807) is 0 Å². The molecule has 0 aromatic heterocycles. The lowest BCUT2D eigenvalue weighted by atomic mass is 10.1. The highest BCUT2D eigenvalue weighted by Crippen LogP contribution is 2.25. The van der Waals surface area contributed by atoms with Crippen LogP contribution in [0.4, 0.5) is 0 Å². The normalized spacial score (nSPS) is 11.1. The first-order valence-electron chi connectivity index (χ1n) is 11.6. The molecule has 0 atom stereocenters. The molecule has 0 aliphatic carbocycles. The summed E-state index contributed by atoms with van der Waals surface area (Å²) in [5.74, 6) is 1.95. The van der Waals surface area contributed by atoms with Crippen LogP contribution in [0.25, 0.3) is 10.8 Å². The van der Waals surface area contributed by atoms with Crippen LogP contribution in [-0.4, -0.2) is 13.2 Å². The number of fused-ring (bicyclic) bond motifs is 1. The van der Waals surface area contributed by atoms with E-state index in [4.69, 9.17) is 9.47 Å². The third-order valence-corrected chi connectivity index (χ3v) is 5.32. The van der Waals surface area contributed by atoms with Crippen molar-refractivity contribution in [1.29, 1.82) is 0 Å². The van der Waals surface area contributed by atoms with Crippen molar-refractivity contribution in [2.75, 3.05) is 13.2 Å². The summed E-state index contributed by atoms with van der Waals surface area (Å²) in [4.78, 5) is 0. The van der Waals surface area contributed by atoms with Gasteiger partial charge in [-0.15, -0.1) is 0 Å². The predicted octanol–water partition coefficient (Wildman–Crippen LogP) is 8.32. The van der Waals surface area contributed by atoms with Gasteiger partial charge in [0.25, 0.3) is 0 Å². The van der Waals surface area contributed by atoms with Gasteiger partial charge in [-0.3, -0.25) is 0 Å². The summed E-state index contributed by atoms with van der Waals surface area (Å²) in [5, 5.41) is 2.43. The molecule has 0 heterocycles. The topological polar surface area (TPSA) is 18.5 Å². The fourth-order valence-corrected chi connectivity index (χ4v) is 3.53. The molecule has 0 saturated heterocycles. The molecule has 0 N–H and O–H groups in total. The van der Waals surface area contributed by atoms with Crippen LogP contribution < -0.4 is 9.47 Å². The lowest BCUT2D eigenvalue weighted by Crippen LogP contribution is -1.98. The van der Waals surface area contributed by atoms with Gasteiger partial charge in [-0.2, -0.15) is 0 Å². The maximum atomic E-state index is 5.94.